The van der Waals surface area contributed by atoms with E-state index in [1.54, 1.807) is 0 Å². The van der Waals surface area contributed by atoms with Crippen LogP contribution < -0.4 is 10.1 Å². The zero-order valence-corrected chi connectivity index (χ0v) is 12.8. The molecule has 0 aliphatic rings. The maximum atomic E-state index is 6.21. The number of benzene rings is 2. The number of para-hydroxylation sites is 1. The number of ether oxygens (including phenoxy) is 1. The zero-order valence-electron chi connectivity index (χ0n) is 12.8. The molecular formula is C18H21NO2. The highest BCUT2D eigenvalue weighted by Gasteiger charge is 2.23. The Hall–Kier alpha value is -2.00. The van der Waals surface area contributed by atoms with Crippen molar-refractivity contribution in [2.75, 3.05) is 13.6 Å². The van der Waals surface area contributed by atoms with Crippen LogP contribution in [0.1, 0.15) is 20.3 Å². The zero-order chi connectivity index (χ0) is 14.9. The van der Waals surface area contributed by atoms with Gasteiger partial charge in [-0.25, -0.2) is 0 Å². The van der Waals surface area contributed by atoms with Gasteiger partial charge >= 0.3 is 0 Å². The molecule has 1 unspecified atom stereocenters. The van der Waals surface area contributed by atoms with E-state index in [1.807, 2.05) is 37.4 Å². The van der Waals surface area contributed by atoms with Crippen LogP contribution >= 0.6 is 0 Å². The smallest absolute Gasteiger partial charge is 0.135 e. The van der Waals surface area contributed by atoms with Crippen molar-refractivity contribution in [2.24, 2.45) is 0 Å². The van der Waals surface area contributed by atoms with Gasteiger partial charge in [0, 0.05) is 17.3 Å². The Morgan fingerprint density at radius 1 is 1.10 bits per heavy atom. The van der Waals surface area contributed by atoms with Crippen LogP contribution in [0.3, 0.4) is 0 Å². The SMILES string of the molecule is CCC(C)(CNC)Oc1ccc2oc3ccccc3c2c1. The highest BCUT2D eigenvalue weighted by Crippen LogP contribution is 2.32. The fourth-order valence-corrected chi connectivity index (χ4v) is 2.66. The lowest BCUT2D eigenvalue weighted by Gasteiger charge is -2.29. The molecule has 21 heavy (non-hydrogen) atoms. The predicted molar refractivity (Wildman–Crippen MR) is 87.0 cm³/mol. The molecule has 0 amide bonds. The lowest BCUT2D eigenvalue weighted by Crippen LogP contribution is -2.41. The monoisotopic (exact) mass is 283 g/mol. The fourth-order valence-electron chi connectivity index (χ4n) is 2.66. The molecule has 110 valence electrons. The summed E-state index contributed by atoms with van der Waals surface area (Å²) in [6, 6.07) is 14.1. The molecule has 0 aliphatic carbocycles. The van der Waals surface area contributed by atoms with Crippen molar-refractivity contribution in [3.8, 4) is 5.75 Å². The molecule has 3 rings (SSSR count). The van der Waals surface area contributed by atoms with Gasteiger partial charge in [0.15, 0.2) is 0 Å². The molecule has 1 atom stereocenters. The van der Waals surface area contributed by atoms with Crippen molar-refractivity contribution < 1.29 is 9.15 Å². The van der Waals surface area contributed by atoms with Crippen LogP contribution in [0.5, 0.6) is 5.75 Å². The third-order valence-electron chi connectivity index (χ3n) is 4.01. The van der Waals surface area contributed by atoms with Gasteiger partial charge in [-0.15, -0.1) is 0 Å². The summed E-state index contributed by atoms with van der Waals surface area (Å²) in [5, 5.41) is 5.43. The average molecular weight is 283 g/mol. The molecule has 3 nitrogen and oxygen atoms in total. The molecule has 0 fully saturated rings. The average Bonchev–Trinajstić information content (AvgIpc) is 2.85. The molecule has 0 radical (unpaired) electrons. The van der Waals surface area contributed by atoms with E-state index in [0.29, 0.717) is 0 Å². The second-order valence-corrected chi connectivity index (χ2v) is 5.69. The number of likely N-dealkylation sites (N-methyl/N-ethyl adjacent to an activating group) is 1. The molecule has 1 N–H and O–H groups in total. The molecular weight excluding hydrogens is 262 g/mol. The first-order valence-electron chi connectivity index (χ1n) is 7.40. The van der Waals surface area contributed by atoms with Crippen molar-refractivity contribution in [2.45, 2.75) is 25.9 Å². The summed E-state index contributed by atoms with van der Waals surface area (Å²) < 4.78 is 12.1. The van der Waals surface area contributed by atoms with Crippen LogP contribution in [0.4, 0.5) is 0 Å². The van der Waals surface area contributed by atoms with E-state index in [-0.39, 0.29) is 5.60 Å². The number of rotatable bonds is 5. The van der Waals surface area contributed by atoms with Gasteiger partial charge in [0.25, 0.3) is 0 Å². The van der Waals surface area contributed by atoms with Gasteiger partial charge in [0.1, 0.15) is 22.5 Å². The Bertz CT molecular complexity index is 762. The number of fused-ring (bicyclic) bond motifs is 3. The lowest BCUT2D eigenvalue weighted by molar-refractivity contribution is 0.0860. The van der Waals surface area contributed by atoms with E-state index in [2.05, 4.69) is 31.3 Å². The Morgan fingerprint density at radius 3 is 2.62 bits per heavy atom. The van der Waals surface area contributed by atoms with Crippen LogP contribution in [0.2, 0.25) is 0 Å². The molecule has 0 saturated heterocycles. The molecule has 0 saturated carbocycles. The molecule has 1 aromatic heterocycles. The largest absolute Gasteiger partial charge is 0.486 e. The molecule has 3 heteroatoms. The molecule has 3 aromatic rings. The fraction of sp³-hybridized carbons (Fsp3) is 0.333. The third kappa shape index (κ3) is 2.61. The highest BCUT2D eigenvalue weighted by molar-refractivity contribution is 6.05. The first-order valence-corrected chi connectivity index (χ1v) is 7.40. The second-order valence-electron chi connectivity index (χ2n) is 5.69. The first-order chi connectivity index (χ1) is 10.1. The minimum absolute atomic E-state index is 0.206. The predicted octanol–water partition coefficient (Wildman–Crippen LogP) is 4.35. The van der Waals surface area contributed by atoms with Crippen molar-refractivity contribution in [1.82, 2.24) is 5.32 Å². The van der Waals surface area contributed by atoms with Crippen LogP contribution in [-0.4, -0.2) is 19.2 Å². The Labute approximate surface area is 124 Å². The van der Waals surface area contributed by atoms with Crippen molar-refractivity contribution in [1.29, 1.82) is 0 Å². The minimum Gasteiger partial charge on any atom is -0.486 e. The summed E-state index contributed by atoms with van der Waals surface area (Å²) in [5.41, 5.74) is 1.61. The maximum Gasteiger partial charge on any atom is 0.135 e. The van der Waals surface area contributed by atoms with Crippen LogP contribution in [0, 0.1) is 0 Å². The van der Waals surface area contributed by atoms with Gasteiger partial charge in [-0.1, -0.05) is 25.1 Å². The van der Waals surface area contributed by atoms with E-state index >= 15 is 0 Å². The summed E-state index contributed by atoms with van der Waals surface area (Å²) in [5.74, 6) is 0.883. The Kier molecular flexibility index (Phi) is 3.60. The van der Waals surface area contributed by atoms with Gasteiger partial charge in [0.05, 0.1) is 0 Å². The third-order valence-corrected chi connectivity index (χ3v) is 4.01. The summed E-state index contributed by atoms with van der Waals surface area (Å²) in [7, 11) is 1.95. The lowest BCUT2D eigenvalue weighted by atomic mass is 10.0. The van der Waals surface area contributed by atoms with E-state index in [0.717, 1.165) is 40.7 Å². The van der Waals surface area contributed by atoms with E-state index in [4.69, 9.17) is 9.15 Å². The number of hydrogen-bond donors (Lipinski definition) is 1. The standard InChI is InChI=1S/C18H21NO2/c1-4-18(2,12-19-3)21-13-9-10-17-15(11-13)14-7-5-6-8-16(14)20-17/h5-11,19H,4,12H2,1-3H3. The Morgan fingerprint density at radius 2 is 1.86 bits per heavy atom. The van der Waals surface area contributed by atoms with Crippen molar-refractivity contribution in [3.63, 3.8) is 0 Å². The second kappa shape index (κ2) is 5.41. The van der Waals surface area contributed by atoms with Crippen molar-refractivity contribution >= 4 is 21.9 Å². The van der Waals surface area contributed by atoms with Crippen LogP contribution in [0.15, 0.2) is 46.9 Å². The first kappa shape index (κ1) is 14.0. The van der Waals surface area contributed by atoms with E-state index < -0.39 is 0 Å². The van der Waals surface area contributed by atoms with Gasteiger partial charge < -0.3 is 14.5 Å². The maximum absolute atomic E-state index is 6.21. The number of furan rings is 1. The quantitative estimate of drug-likeness (QED) is 0.755. The molecule has 1 heterocycles. The minimum atomic E-state index is -0.206. The normalized spacial score (nSPS) is 14.4. The molecule has 0 aliphatic heterocycles. The molecule has 0 spiro atoms. The highest BCUT2D eigenvalue weighted by atomic mass is 16.5. The van der Waals surface area contributed by atoms with Gasteiger partial charge in [-0.2, -0.15) is 0 Å². The number of nitrogens with one attached hydrogen (secondary N) is 1. The summed E-state index contributed by atoms with van der Waals surface area (Å²) in [6.07, 6.45) is 0.942. The summed E-state index contributed by atoms with van der Waals surface area (Å²) >= 11 is 0. The number of hydrogen-bond acceptors (Lipinski definition) is 3. The van der Waals surface area contributed by atoms with Crippen molar-refractivity contribution in [3.05, 3.63) is 42.5 Å². The topological polar surface area (TPSA) is 34.4 Å². The van der Waals surface area contributed by atoms with Gasteiger partial charge in [-0.3, -0.25) is 0 Å². The van der Waals surface area contributed by atoms with Crippen LogP contribution in [0.25, 0.3) is 21.9 Å². The summed E-state index contributed by atoms with van der Waals surface area (Å²) in [4.78, 5) is 0. The van der Waals surface area contributed by atoms with E-state index in [1.165, 1.54) is 0 Å². The molecule has 2 aromatic carbocycles. The summed E-state index contributed by atoms with van der Waals surface area (Å²) in [6.45, 7) is 5.08. The molecule has 0 bridgehead atoms. The van der Waals surface area contributed by atoms with Gasteiger partial charge in [-0.05, 0) is 44.7 Å². The van der Waals surface area contributed by atoms with Gasteiger partial charge in [0.2, 0.25) is 0 Å². The Balaban J connectivity index is 2.02. The van der Waals surface area contributed by atoms with E-state index in [9.17, 15) is 0 Å². The van der Waals surface area contributed by atoms with Crippen LogP contribution in [-0.2, 0) is 0 Å².